The molecule has 3 nitrogen and oxygen atoms in total. The molecule has 5 heteroatoms. The molecular weight excluding hydrogens is 340 g/mol. The van der Waals surface area contributed by atoms with Crippen LogP contribution in [0, 0.1) is 13.8 Å². The molecule has 0 saturated carbocycles. The largest absolute Gasteiger partial charge is 0.398 e. The molecular formula is C15H14BrClN2O. The highest BCUT2D eigenvalue weighted by atomic mass is 79.9. The van der Waals surface area contributed by atoms with Gasteiger partial charge in [0.15, 0.2) is 0 Å². The van der Waals surface area contributed by atoms with E-state index in [-0.39, 0.29) is 5.91 Å². The Balaban J connectivity index is 2.36. The minimum absolute atomic E-state index is 0.208. The highest BCUT2D eigenvalue weighted by Gasteiger charge is 2.14. The fourth-order valence-electron chi connectivity index (χ4n) is 1.87. The van der Waals surface area contributed by atoms with Gasteiger partial charge in [0.05, 0.1) is 0 Å². The molecule has 0 aliphatic heterocycles. The standard InChI is InChI=1S/C15H14BrClN2O/c1-8-11(6-10(16)7-13(8)18)15(20)19-14-5-3-4-12(17)9(14)2/h3-7H,18H2,1-2H3,(H,19,20). The van der Waals surface area contributed by atoms with E-state index in [2.05, 4.69) is 21.2 Å². The number of benzene rings is 2. The van der Waals surface area contributed by atoms with Gasteiger partial charge in [-0.1, -0.05) is 33.6 Å². The number of amides is 1. The number of nitrogens with two attached hydrogens (primary N) is 1. The summed E-state index contributed by atoms with van der Waals surface area (Å²) in [5.41, 5.74) is 9.28. The molecule has 0 atom stereocenters. The number of nitrogens with one attached hydrogen (secondary N) is 1. The van der Waals surface area contributed by atoms with Crippen molar-refractivity contribution in [3.05, 3.63) is 56.5 Å². The fourth-order valence-corrected chi connectivity index (χ4v) is 2.52. The van der Waals surface area contributed by atoms with Crippen LogP contribution >= 0.6 is 27.5 Å². The zero-order valence-electron chi connectivity index (χ0n) is 11.1. The van der Waals surface area contributed by atoms with Gasteiger partial charge in [0, 0.05) is 26.4 Å². The first-order valence-electron chi connectivity index (χ1n) is 6.02. The van der Waals surface area contributed by atoms with Crippen molar-refractivity contribution in [3.8, 4) is 0 Å². The Bertz CT molecular complexity index is 686. The van der Waals surface area contributed by atoms with E-state index in [0.717, 1.165) is 15.6 Å². The number of hydrogen-bond donors (Lipinski definition) is 2. The molecule has 0 bridgehead atoms. The van der Waals surface area contributed by atoms with Gasteiger partial charge in [-0.25, -0.2) is 0 Å². The van der Waals surface area contributed by atoms with E-state index >= 15 is 0 Å². The molecule has 2 aromatic carbocycles. The van der Waals surface area contributed by atoms with Crippen LogP contribution in [0.4, 0.5) is 11.4 Å². The highest BCUT2D eigenvalue weighted by molar-refractivity contribution is 9.10. The number of nitrogen functional groups attached to an aromatic ring is 1. The molecule has 20 heavy (non-hydrogen) atoms. The number of carbonyl (C=O) groups is 1. The lowest BCUT2D eigenvalue weighted by atomic mass is 10.1. The van der Waals surface area contributed by atoms with Crippen LogP contribution in [-0.4, -0.2) is 5.91 Å². The molecule has 0 radical (unpaired) electrons. The van der Waals surface area contributed by atoms with Crippen molar-refractivity contribution in [3.63, 3.8) is 0 Å². The third-order valence-electron chi connectivity index (χ3n) is 3.17. The van der Waals surface area contributed by atoms with Crippen LogP contribution in [0.3, 0.4) is 0 Å². The normalized spacial score (nSPS) is 10.4. The van der Waals surface area contributed by atoms with Crippen LogP contribution in [-0.2, 0) is 0 Å². The average Bonchev–Trinajstić information content (AvgIpc) is 2.39. The van der Waals surface area contributed by atoms with Crippen molar-refractivity contribution in [2.45, 2.75) is 13.8 Å². The van der Waals surface area contributed by atoms with Crippen molar-refractivity contribution >= 4 is 44.8 Å². The van der Waals surface area contributed by atoms with Crippen LogP contribution in [0.25, 0.3) is 0 Å². The second kappa shape index (κ2) is 5.85. The minimum atomic E-state index is -0.208. The number of carbonyl (C=O) groups excluding carboxylic acids is 1. The molecule has 0 fully saturated rings. The average molecular weight is 354 g/mol. The Morgan fingerprint density at radius 2 is 1.95 bits per heavy atom. The number of rotatable bonds is 2. The van der Waals surface area contributed by atoms with Crippen molar-refractivity contribution in [2.75, 3.05) is 11.1 Å². The van der Waals surface area contributed by atoms with Crippen LogP contribution in [0.5, 0.6) is 0 Å². The summed E-state index contributed by atoms with van der Waals surface area (Å²) in [5.74, 6) is -0.208. The van der Waals surface area contributed by atoms with Crippen LogP contribution in [0.2, 0.25) is 5.02 Å². The van der Waals surface area contributed by atoms with Crippen molar-refractivity contribution in [1.82, 2.24) is 0 Å². The van der Waals surface area contributed by atoms with E-state index < -0.39 is 0 Å². The van der Waals surface area contributed by atoms with E-state index in [4.69, 9.17) is 17.3 Å². The molecule has 0 saturated heterocycles. The van der Waals surface area contributed by atoms with Gasteiger partial charge >= 0.3 is 0 Å². The molecule has 1 amide bonds. The SMILES string of the molecule is Cc1c(Cl)cccc1NC(=O)c1cc(Br)cc(N)c1C. The number of halogens is 2. The maximum Gasteiger partial charge on any atom is 0.256 e. The molecule has 2 aromatic rings. The van der Waals surface area contributed by atoms with Gasteiger partial charge < -0.3 is 11.1 Å². The minimum Gasteiger partial charge on any atom is -0.398 e. The Kier molecular flexibility index (Phi) is 4.35. The second-order valence-corrected chi connectivity index (χ2v) is 5.86. The predicted octanol–water partition coefficient (Wildman–Crippen LogP) is 4.55. The first kappa shape index (κ1) is 14.9. The summed E-state index contributed by atoms with van der Waals surface area (Å²) in [7, 11) is 0. The van der Waals surface area contributed by atoms with Gasteiger partial charge in [0.1, 0.15) is 0 Å². The van der Waals surface area contributed by atoms with Crippen molar-refractivity contribution in [1.29, 1.82) is 0 Å². The Labute approximate surface area is 131 Å². The van der Waals surface area contributed by atoms with E-state index in [1.54, 1.807) is 24.3 Å². The smallest absolute Gasteiger partial charge is 0.256 e. The fraction of sp³-hybridized carbons (Fsp3) is 0.133. The van der Waals surface area contributed by atoms with Gasteiger partial charge in [-0.2, -0.15) is 0 Å². The zero-order valence-corrected chi connectivity index (χ0v) is 13.5. The predicted molar refractivity (Wildman–Crippen MR) is 87.4 cm³/mol. The summed E-state index contributed by atoms with van der Waals surface area (Å²) in [5, 5.41) is 3.48. The summed E-state index contributed by atoms with van der Waals surface area (Å²) in [6, 6.07) is 8.93. The maximum atomic E-state index is 12.4. The molecule has 0 aromatic heterocycles. The molecule has 0 aliphatic rings. The lowest BCUT2D eigenvalue weighted by Crippen LogP contribution is -2.15. The van der Waals surface area contributed by atoms with E-state index in [9.17, 15) is 4.79 Å². The molecule has 3 N–H and O–H groups in total. The molecule has 2 rings (SSSR count). The monoisotopic (exact) mass is 352 g/mol. The van der Waals surface area contributed by atoms with Crippen LogP contribution in [0.1, 0.15) is 21.5 Å². The van der Waals surface area contributed by atoms with Crippen LogP contribution in [0.15, 0.2) is 34.8 Å². The maximum absolute atomic E-state index is 12.4. The van der Waals surface area contributed by atoms with Gasteiger partial charge in [-0.15, -0.1) is 0 Å². The third kappa shape index (κ3) is 2.97. The lowest BCUT2D eigenvalue weighted by Gasteiger charge is -2.12. The highest BCUT2D eigenvalue weighted by Crippen LogP contribution is 2.26. The summed E-state index contributed by atoms with van der Waals surface area (Å²) in [6.45, 7) is 3.68. The summed E-state index contributed by atoms with van der Waals surface area (Å²) in [6.07, 6.45) is 0. The van der Waals surface area contributed by atoms with Gasteiger partial charge in [0.25, 0.3) is 5.91 Å². The molecule has 0 heterocycles. The van der Waals surface area contributed by atoms with Gasteiger partial charge in [0.2, 0.25) is 0 Å². The molecule has 0 spiro atoms. The summed E-state index contributed by atoms with van der Waals surface area (Å²) < 4.78 is 0.772. The number of anilines is 2. The zero-order chi connectivity index (χ0) is 14.9. The number of hydrogen-bond acceptors (Lipinski definition) is 2. The van der Waals surface area contributed by atoms with E-state index in [0.29, 0.717) is 22.0 Å². The Hall–Kier alpha value is -1.52. The lowest BCUT2D eigenvalue weighted by molar-refractivity contribution is 0.102. The van der Waals surface area contributed by atoms with Crippen molar-refractivity contribution < 1.29 is 4.79 Å². The van der Waals surface area contributed by atoms with E-state index in [1.165, 1.54) is 0 Å². The summed E-state index contributed by atoms with van der Waals surface area (Å²) in [4.78, 5) is 12.4. The topological polar surface area (TPSA) is 55.1 Å². The third-order valence-corrected chi connectivity index (χ3v) is 4.04. The quantitative estimate of drug-likeness (QED) is 0.778. The first-order valence-corrected chi connectivity index (χ1v) is 7.19. The first-order chi connectivity index (χ1) is 9.40. The van der Waals surface area contributed by atoms with E-state index in [1.807, 2.05) is 19.9 Å². The molecule has 104 valence electrons. The van der Waals surface area contributed by atoms with Crippen LogP contribution < -0.4 is 11.1 Å². The molecule has 0 unspecified atom stereocenters. The molecule has 0 aliphatic carbocycles. The Morgan fingerprint density at radius 1 is 1.25 bits per heavy atom. The Morgan fingerprint density at radius 3 is 2.65 bits per heavy atom. The second-order valence-electron chi connectivity index (χ2n) is 4.53. The van der Waals surface area contributed by atoms with Gasteiger partial charge in [-0.3, -0.25) is 4.79 Å². The van der Waals surface area contributed by atoms with Gasteiger partial charge in [-0.05, 0) is 49.2 Å². The van der Waals surface area contributed by atoms with Crippen molar-refractivity contribution in [2.24, 2.45) is 0 Å². The summed E-state index contributed by atoms with van der Waals surface area (Å²) >= 11 is 9.39.